The van der Waals surface area contributed by atoms with Crippen LogP contribution in [0.5, 0.6) is 0 Å². The van der Waals surface area contributed by atoms with Crippen LogP contribution >= 0.6 is 0 Å². The van der Waals surface area contributed by atoms with E-state index in [1.807, 2.05) is 4.90 Å². The topological polar surface area (TPSA) is 145 Å². The van der Waals surface area contributed by atoms with Crippen molar-refractivity contribution in [3.63, 3.8) is 0 Å². The lowest BCUT2D eigenvalue weighted by Gasteiger charge is -2.29. The summed E-state index contributed by atoms with van der Waals surface area (Å²) in [7, 11) is 2.83. The number of ether oxygens (including phenoxy) is 4. The first-order chi connectivity index (χ1) is 29.3. The Morgan fingerprint density at radius 1 is 0.400 bits per heavy atom. The van der Waals surface area contributed by atoms with Crippen molar-refractivity contribution in [2.75, 3.05) is 67.0 Å². The van der Waals surface area contributed by atoms with E-state index in [-0.39, 0.29) is 63.1 Å². The van der Waals surface area contributed by atoms with Crippen LogP contribution < -0.4 is 0 Å². The van der Waals surface area contributed by atoms with Gasteiger partial charge in [0.05, 0.1) is 59.8 Å². The van der Waals surface area contributed by atoms with Gasteiger partial charge in [0.25, 0.3) is 0 Å². The van der Waals surface area contributed by atoms with Gasteiger partial charge >= 0.3 is 23.9 Å². The average Bonchev–Trinajstić information content (AvgIpc) is 3.24. The third-order valence-electron chi connectivity index (χ3n) is 10.7. The molecule has 0 aromatic heterocycles. The maximum Gasteiger partial charge on any atom is 0.323 e. The van der Waals surface area contributed by atoms with Gasteiger partial charge in [-0.05, 0) is 77.0 Å². The largest absolute Gasteiger partial charge is 0.466 e. The van der Waals surface area contributed by atoms with Crippen molar-refractivity contribution in [3.8, 4) is 0 Å². The highest BCUT2D eigenvalue weighted by atomic mass is 17.2. The van der Waals surface area contributed by atoms with E-state index in [4.69, 9.17) is 38.5 Å². The molecule has 0 bridgehead atoms. The van der Waals surface area contributed by atoms with Gasteiger partial charge in [0.1, 0.15) is 6.04 Å². The highest BCUT2D eigenvalue weighted by Gasteiger charge is 2.28. The molecule has 2 unspecified atom stereocenters. The van der Waals surface area contributed by atoms with Gasteiger partial charge in [-0.2, -0.15) is 0 Å². The summed E-state index contributed by atoms with van der Waals surface area (Å²) in [4.78, 5) is 72.6. The van der Waals surface area contributed by atoms with Crippen LogP contribution in [0.1, 0.15) is 201 Å². The Morgan fingerprint density at radius 2 is 0.783 bits per heavy atom. The molecule has 0 radical (unpaired) electrons. The highest BCUT2D eigenvalue weighted by Crippen LogP contribution is 2.21. The van der Waals surface area contributed by atoms with Crippen LogP contribution in [0.4, 0.5) is 0 Å². The van der Waals surface area contributed by atoms with E-state index >= 15 is 0 Å². The Kier molecular flexibility index (Phi) is 43.0. The third kappa shape index (κ3) is 36.3. The molecule has 0 aromatic rings. The molecule has 0 aliphatic carbocycles. The fraction of sp³-hybridized carbons (Fsp3) is 0.915. The second-order valence-electron chi connectivity index (χ2n) is 15.9. The molecule has 13 nitrogen and oxygen atoms in total. The molecule has 354 valence electrons. The Hall–Kier alpha value is -2.32. The lowest BCUT2D eigenvalue weighted by Crippen LogP contribution is -2.46. The van der Waals surface area contributed by atoms with Crippen molar-refractivity contribution in [1.29, 1.82) is 0 Å². The Balaban J connectivity index is 4.73. The predicted octanol–water partition coefficient (Wildman–Crippen LogP) is 10.6. The fourth-order valence-corrected chi connectivity index (χ4v) is 7.04. The first-order valence-electron chi connectivity index (χ1n) is 24.0. The van der Waals surface area contributed by atoms with Crippen LogP contribution in [-0.4, -0.2) is 102 Å². The van der Waals surface area contributed by atoms with E-state index in [9.17, 15) is 19.2 Å². The van der Waals surface area contributed by atoms with Gasteiger partial charge in [-0.15, -0.1) is 0 Å². The second-order valence-corrected chi connectivity index (χ2v) is 15.9. The number of nitrogens with zero attached hydrogens (tertiary/aromatic N) is 1. The molecule has 60 heavy (non-hydrogen) atoms. The number of carbonyl (C=O) groups excluding carboxylic acids is 4. The summed E-state index contributed by atoms with van der Waals surface area (Å²) in [6.45, 7) is 9.02. The number of unbranched alkanes of at least 4 members (excludes halogenated alkanes) is 18. The first-order valence-corrected chi connectivity index (χ1v) is 24.0. The van der Waals surface area contributed by atoms with Crippen LogP contribution in [-0.2, 0) is 57.7 Å². The van der Waals surface area contributed by atoms with Gasteiger partial charge in [-0.25, -0.2) is 19.6 Å². The average molecular weight is 860 g/mol. The molecule has 2 atom stereocenters. The Bertz CT molecular complexity index is 989. The van der Waals surface area contributed by atoms with Gasteiger partial charge in [0.2, 0.25) is 0 Å². The Labute approximate surface area is 365 Å². The van der Waals surface area contributed by atoms with Gasteiger partial charge in [-0.1, -0.05) is 111 Å². The molecule has 13 heteroatoms. The molecule has 0 spiro atoms. The number of hydrogen-bond acceptors (Lipinski definition) is 13. The minimum atomic E-state index is -0.733. The number of carbonyl (C=O) groups is 4. The van der Waals surface area contributed by atoms with Gasteiger partial charge in [-0.3, -0.25) is 24.1 Å². The first kappa shape index (κ1) is 57.7. The second kappa shape index (κ2) is 44.7. The van der Waals surface area contributed by atoms with Gasteiger partial charge in [0, 0.05) is 25.9 Å². The molecule has 0 N–H and O–H groups in total. The zero-order valence-corrected chi connectivity index (χ0v) is 39.0. The minimum absolute atomic E-state index is 0.00110. The number of esters is 4. The summed E-state index contributed by atoms with van der Waals surface area (Å²) in [5, 5.41) is 0. The summed E-state index contributed by atoms with van der Waals surface area (Å²) in [5.74, 6) is -0.985. The van der Waals surface area contributed by atoms with Gasteiger partial charge < -0.3 is 18.9 Å². The molecule has 0 aromatic carbocycles. The molecular formula is C47H89NO12. The van der Waals surface area contributed by atoms with E-state index in [0.717, 1.165) is 83.5 Å². The molecule has 0 heterocycles. The van der Waals surface area contributed by atoms with Crippen LogP contribution in [0.25, 0.3) is 0 Å². The zero-order chi connectivity index (χ0) is 44.2. The van der Waals surface area contributed by atoms with Gasteiger partial charge in [0.15, 0.2) is 0 Å². The van der Waals surface area contributed by atoms with Crippen LogP contribution in [0, 0.1) is 5.92 Å². The van der Waals surface area contributed by atoms with E-state index < -0.39 is 12.0 Å². The highest BCUT2D eigenvalue weighted by molar-refractivity contribution is 5.77. The molecule has 0 saturated carbocycles. The maximum absolute atomic E-state index is 13.5. The maximum atomic E-state index is 13.5. The summed E-state index contributed by atoms with van der Waals surface area (Å²) in [6.07, 6.45) is 26.4. The van der Waals surface area contributed by atoms with Crippen LogP contribution in [0.3, 0.4) is 0 Å². The number of rotatable bonds is 46. The smallest absolute Gasteiger partial charge is 0.323 e. The van der Waals surface area contributed by atoms with E-state index in [2.05, 4.69) is 20.8 Å². The normalized spacial score (nSPS) is 12.4. The van der Waals surface area contributed by atoms with Crippen molar-refractivity contribution in [1.82, 2.24) is 4.90 Å². The molecule has 0 rings (SSSR count). The van der Waals surface area contributed by atoms with Crippen molar-refractivity contribution in [3.05, 3.63) is 0 Å². The molecule has 0 aliphatic heterocycles. The van der Waals surface area contributed by atoms with Crippen molar-refractivity contribution >= 4 is 23.9 Å². The predicted molar refractivity (Wildman–Crippen MR) is 235 cm³/mol. The molecule has 0 amide bonds. The van der Waals surface area contributed by atoms with Crippen LogP contribution in [0.15, 0.2) is 0 Å². The summed E-state index contributed by atoms with van der Waals surface area (Å²) in [5.41, 5.74) is 0. The Morgan fingerprint density at radius 3 is 1.27 bits per heavy atom. The van der Waals surface area contributed by atoms with Crippen LogP contribution in [0.2, 0.25) is 0 Å². The lowest BCUT2D eigenvalue weighted by atomic mass is 9.94. The van der Waals surface area contributed by atoms with Crippen molar-refractivity contribution in [2.24, 2.45) is 5.92 Å². The van der Waals surface area contributed by atoms with E-state index in [1.165, 1.54) is 78.4 Å². The molecular weight excluding hydrogens is 771 g/mol. The SMILES string of the molecule is CCCCCCCCC(CCCCCC)C(=O)OCCCCCCOC(=O)C(CCC(=O)OCCCCCCOC(=O)CCCCCCC)N(CCOOC)CCOOC. The summed E-state index contributed by atoms with van der Waals surface area (Å²) < 4.78 is 22.3. The van der Waals surface area contributed by atoms with E-state index in [0.29, 0.717) is 45.6 Å². The standard InChI is InChI=1S/C47H89NO12/c1-6-9-12-15-17-23-30-42(29-22-14-11-8-3)46(51)57-38-27-20-21-28-39-58-47(52)43(48(34-40-59-53-4)35-41-60-54-5)32-33-45(50)56-37-26-19-18-25-36-55-44(49)31-24-16-13-10-7-2/h42-43H,6-41H2,1-5H3. The monoisotopic (exact) mass is 860 g/mol. The summed E-state index contributed by atoms with van der Waals surface area (Å²) in [6, 6.07) is -0.733. The third-order valence-corrected chi connectivity index (χ3v) is 10.7. The lowest BCUT2D eigenvalue weighted by molar-refractivity contribution is -0.281. The fourth-order valence-electron chi connectivity index (χ4n) is 7.04. The van der Waals surface area contributed by atoms with Crippen molar-refractivity contribution in [2.45, 2.75) is 207 Å². The minimum Gasteiger partial charge on any atom is -0.466 e. The number of hydrogen-bond donors (Lipinski definition) is 0. The summed E-state index contributed by atoms with van der Waals surface area (Å²) >= 11 is 0. The molecule has 0 saturated heterocycles. The molecule has 0 aliphatic rings. The van der Waals surface area contributed by atoms with Crippen molar-refractivity contribution < 1.29 is 57.7 Å². The zero-order valence-electron chi connectivity index (χ0n) is 39.0. The van der Waals surface area contributed by atoms with E-state index in [1.54, 1.807) is 0 Å². The quantitative estimate of drug-likeness (QED) is 0.0188. The molecule has 0 fully saturated rings.